The van der Waals surface area contributed by atoms with Crippen molar-refractivity contribution in [1.29, 1.82) is 0 Å². The molecule has 1 saturated heterocycles. The van der Waals surface area contributed by atoms with Crippen molar-refractivity contribution in [3.05, 3.63) is 0 Å². The van der Waals surface area contributed by atoms with Crippen molar-refractivity contribution in [2.24, 2.45) is 5.92 Å². The molecule has 4 nitrogen and oxygen atoms in total. The molecule has 82 valence electrons. The van der Waals surface area contributed by atoms with Gasteiger partial charge in [0.05, 0.1) is 0 Å². The molecule has 0 aliphatic carbocycles. The molecule has 1 amide bonds. The van der Waals surface area contributed by atoms with Crippen LogP contribution in [-0.2, 0) is 4.74 Å². The first-order chi connectivity index (χ1) is 6.63. The largest absolute Gasteiger partial charge is 0.443 e. The summed E-state index contributed by atoms with van der Waals surface area (Å²) in [5.41, 5.74) is 0. The van der Waals surface area contributed by atoms with Gasteiger partial charge in [-0.1, -0.05) is 0 Å². The average Bonchev–Trinajstić information content (AvgIpc) is 2.62. The number of hydrogen-bond acceptors (Lipinski definition) is 3. The number of aliphatic hydroxyl groups excluding tert-OH is 1. The molecule has 0 aromatic rings. The Morgan fingerprint density at radius 3 is 2.86 bits per heavy atom. The first-order valence-electron chi connectivity index (χ1n) is 4.44. The number of carbonyl (C=O) groups excluding carboxylic acids is 1. The summed E-state index contributed by atoms with van der Waals surface area (Å²) in [6.45, 7) is 0.00359. The van der Waals surface area contributed by atoms with Crippen LogP contribution in [0.3, 0.4) is 0 Å². The first-order valence-corrected chi connectivity index (χ1v) is 4.44. The Morgan fingerprint density at radius 1 is 1.64 bits per heavy atom. The van der Waals surface area contributed by atoms with Gasteiger partial charge in [0.15, 0.2) is 6.61 Å². The molecule has 0 spiro atoms. The van der Waals surface area contributed by atoms with Crippen molar-refractivity contribution in [1.82, 2.24) is 4.90 Å². The summed E-state index contributed by atoms with van der Waals surface area (Å²) in [5.74, 6) is 0.0501. The Bertz CT molecular complexity index is 201. The number of hydrogen-bond donors (Lipinski definition) is 1. The van der Waals surface area contributed by atoms with Crippen molar-refractivity contribution < 1.29 is 23.4 Å². The molecule has 1 heterocycles. The van der Waals surface area contributed by atoms with Gasteiger partial charge in [0.25, 0.3) is 6.43 Å². The highest BCUT2D eigenvalue weighted by Gasteiger charge is 2.26. The van der Waals surface area contributed by atoms with E-state index in [1.807, 2.05) is 0 Å². The van der Waals surface area contributed by atoms with Gasteiger partial charge in [0.1, 0.15) is 0 Å². The average molecular weight is 209 g/mol. The van der Waals surface area contributed by atoms with Crippen molar-refractivity contribution in [2.75, 3.05) is 26.3 Å². The molecule has 1 aliphatic heterocycles. The van der Waals surface area contributed by atoms with Gasteiger partial charge >= 0.3 is 6.09 Å². The van der Waals surface area contributed by atoms with E-state index >= 15 is 0 Å². The normalized spacial score (nSPS) is 21.7. The zero-order chi connectivity index (χ0) is 10.6. The number of nitrogens with zero attached hydrogens (tertiary/aromatic N) is 1. The highest BCUT2D eigenvalue weighted by Crippen LogP contribution is 2.16. The van der Waals surface area contributed by atoms with Crippen LogP contribution in [0.4, 0.5) is 13.6 Å². The zero-order valence-corrected chi connectivity index (χ0v) is 7.66. The Labute approximate surface area is 80.4 Å². The summed E-state index contributed by atoms with van der Waals surface area (Å²) in [4.78, 5) is 12.4. The van der Waals surface area contributed by atoms with E-state index in [0.717, 1.165) is 0 Å². The van der Waals surface area contributed by atoms with E-state index in [0.29, 0.717) is 19.5 Å². The van der Waals surface area contributed by atoms with E-state index in [4.69, 9.17) is 5.11 Å². The lowest BCUT2D eigenvalue weighted by molar-refractivity contribution is 0.0341. The lowest BCUT2D eigenvalue weighted by Gasteiger charge is -2.15. The highest BCUT2D eigenvalue weighted by atomic mass is 19.3. The Morgan fingerprint density at radius 2 is 2.36 bits per heavy atom. The minimum Gasteiger partial charge on any atom is -0.443 e. The monoisotopic (exact) mass is 209 g/mol. The summed E-state index contributed by atoms with van der Waals surface area (Å²) in [6.07, 6.45) is -2.66. The molecule has 1 rings (SSSR count). The molecule has 0 radical (unpaired) electrons. The van der Waals surface area contributed by atoms with Gasteiger partial charge < -0.3 is 14.7 Å². The lowest BCUT2D eigenvalue weighted by Crippen LogP contribution is -2.31. The number of alkyl halides is 2. The first kappa shape index (κ1) is 11.2. The highest BCUT2D eigenvalue weighted by molar-refractivity contribution is 5.67. The number of likely N-dealkylation sites (tertiary alicyclic amines) is 1. The number of halogens is 2. The number of amides is 1. The maximum atomic E-state index is 11.7. The maximum Gasteiger partial charge on any atom is 0.409 e. The molecular weight excluding hydrogens is 196 g/mol. The second-order valence-corrected chi connectivity index (χ2v) is 3.25. The van der Waals surface area contributed by atoms with Gasteiger partial charge in [0.2, 0.25) is 0 Å². The van der Waals surface area contributed by atoms with Crippen LogP contribution in [-0.4, -0.2) is 48.8 Å². The Hall–Kier alpha value is -0.910. The molecule has 0 aromatic carbocycles. The van der Waals surface area contributed by atoms with Crippen LogP contribution >= 0.6 is 0 Å². The van der Waals surface area contributed by atoms with E-state index in [1.165, 1.54) is 4.90 Å². The predicted molar refractivity (Wildman–Crippen MR) is 44.1 cm³/mol. The third kappa shape index (κ3) is 3.10. The van der Waals surface area contributed by atoms with Crippen LogP contribution in [0.15, 0.2) is 0 Å². The van der Waals surface area contributed by atoms with E-state index in [9.17, 15) is 13.6 Å². The van der Waals surface area contributed by atoms with Crippen LogP contribution in [0.1, 0.15) is 6.42 Å². The smallest absolute Gasteiger partial charge is 0.409 e. The molecule has 1 fully saturated rings. The van der Waals surface area contributed by atoms with Crippen molar-refractivity contribution in [3.63, 3.8) is 0 Å². The molecule has 0 aromatic heterocycles. The fraction of sp³-hybridized carbons (Fsp3) is 0.875. The SMILES string of the molecule is O=C(OCC(F)F)N1CCC(CO)C1. The molecule has 1 unspecified atom stereocenters. The summed E-state index contributed by atoms with van der Waals surface area (Å²) in [7, 11) is 0. The quantitative estimate of drug-likeness (QED) is 0.744. The summed E-state index contributed by atoms with van der Waals surface area (Å²) < 4.78 is 27.7. The Balaban J connectivity index is 2.25. The van der Waals surface area contributed by atoms with Gasteiger partial charge in [0, 0.05) is 25.6 Å². The fourth-order valence-corrected chi connectivity index (χ4v) is 1.37. The molecule has 6 heteroatoms. The van der Waals surface area contributed by atoms with Gasteiger partial charge in [-0.15, -0.1) is 0 Å². The molecule has 0 bridgehead atoms. The van der Waals surface area contributed by atoms with Crippen LogP contribution in [0.25, 0.3) is 0 Å². The molecule has 1 atom stereocenters. The third-order valence-electron chi connectivity index (χ3n) is 2.14. The van der Waals surface area contributed by atoms with Crippen molar-refractivity contribution >= 4 is 6.09 Å². The maximum absolute atomic E-state index is 11.7. The van der Waals surface area contributed by atoms with Gasteiger partial charge in [-0.05, 0) is 6.42 Å². The summed E-state index contributed by atoms with van der Waals surface area (Å²) >= 11 is 0. The minimum atomic E-state index is -2.63. The standard InChI is InChI=1S/C8H13F2NO3/c9-7(10)5-14-8(13)11-2-1-6(3-11)4-12/h6-7,12H,1-5H2. The van der Waals surface area contributed by atoms with Crippen LogP contribution < -0.4 is 0 Å². The third-order valence-corrected chi connectivity index (χ3v) is 2.14. The molecule has 1 aliphatic rings. The number of rotatable bonds is 3. The number of carbonyl (C=O) groups is 1. The predicted octanol–water partition coefficient (Wildman–Crippen LogP) is 0.702. The number of aliphatic hydroxyl groups is 1. The molecule has 0 saturated carbocycles. The second-order valence-electron chi connectivity index (χ2n) is 3.25. The van der Waals surface area contributed by atoms with Crippen molar-refractivity contribution in [2.45, 2.75) is 12.8 Å². The zero-order valence-electron chi connectivity index (χ0n) is 7.66. The van der Waals surface area contributed by atoms with Gasteiger partial charge in [-0.25, -0.2) is 13.6 Å². The van der Waals surface area contributed by atoms with Gasteiger partial charge in [-0.3, -0.25) is 0 Å². The topological polar surface area (TPSA) is 49.8 Å². The Kier molecular flexibility index (Phi) is 4.06. The van der Waals surface area contributed by atoms with E-state index in [1.54, 1.807) is 0 Å². The van der Waals surface area contributed by atoms with Crippen LogP contribution in [0.5, 0.6) is 0 Å². The number of ether oxygens (including phenoxy) is 1. The second kappa shape index (κ2) is 5.09. The van der Waals surface area contributed by atoms with Crippen LogP contribution in [0, 0.1) is 5.92 Å². The fourth-order valence-electron chi connectivity index (χ4n) is 1.37. The molecule has 14 heavy (non-hydrogen) atoms. The van der Waals surface area contributed by atoms with E-state index < -0.39 is 19.1 Å². The van der Waals surface area contributed by atoms with E-state index in [2.05, 4.69) is 4.74 Å². The molecule has 1 N–H and O–H groups in total. The van der Waals surface area contributed by atoms with E-state index in [-0.39, 0.29) is 12.5 Å². The molecular formula is C8H13F2NO3. The lowest BCUT2D eigenvalue weighted by atomic mass is 10.1. The summed E-state index contributed by atoms with van der Waals surface area (Å²) in [5, 5.41) is 8.78. The summed E-state index contributed by atoms with van der Waals surface area (Å²) in [6, 6.07) is 0. The minimum absolute atomic E-state index is 0.0125. The van der Waals surface area contributed by atoms with Crippen molar-refractivity contribution in [3.8, 4) is 0 Å². The van der Waals surface area contributed by atoms with Crippen LogP contribution in [0.2, 0.25) is 0 Å². The van der Waals surface area contributed by atoms with Gasteiger partial charge in [-0.2, -0.15) is 0 Å².